The minimum Gasteiger partial charge on any atom is -0.339 e. The molecule has 1 heterocycles. The van der Waals surface area contributed by atoms with E-state index >= 15 is 0 Å². The van der Waals surface area contributed by atoms with Crippen LogP contribution in [-0.4, -0.2) is 61.5 Å². The van der Waals surface area contributed by atoms with E-state index < -0.39 is 0 Å². The molecule has 0 radical (unpaired) electrons. The van der Waals surface area contributed by atoms with Crippen LogP contribution in [0.15, 0.2) is 0 Å². The van der Waals surface area contributed by atoms with Crippen LogP contribution in [0.3, 0.4) is 0 Å². The first-order valence-corrected chi connectivity index (χ1v) is 6.51. The smallest absolute Gasteiger partial charge is 0.239 e. The molecule has 4 nitrogen and oxygen atoms in total. The third-order valence-electron chi connectivity index (χ3n) is 3.17. The van der Waals surface area contributed by atoms with Crippen molar-refractivity contribution in [2.24, 2.45) is 5.41 Å². The quantitative estimate of drug-likeness (QED) is 0.793. The predicted molar refractivity (Wildman–Crippen MR) is 71.0 cm³/mol. The Hall–Kier alpha value is -0.610. The zero-order chi connectivity index (χ0) is 13.1. The Morgan fingerprint density at radius 2 is 1.88 bits per heavy atom. The molecule has 1 saturated heterocycles. The molecule has 0 bridgehead atoms. The van der Waals surface area contributed by atoms with Crippen LogP contribution in [0, 0.1) is 5.41 Å². The molecule has 1 N–H and O–H groups in total. The summed E-state index contributed by atoms with van der Waals surface area (Å²) < 4.78 is 0. The van der Waals surface area contributed by atoms with Gasteiger partial charge in [0.05, 0.1) is 6.04 Å². The topological polar surface area (TPSA) is 35.6 Å². The number of nitrogens with one attached hydrogen (secondary N) is 1. The van der Waals surface area contributed by atoms with Gasteiger partial charge in [-0.2, -0.15) is 0 Å². The van der Waals surface area contributed by atoms with Crippen molar-refractivity contribution in [3.63, 3.8) is 0 Å². The summed E-state index contributed by atoms with van der Waals surface area (Å²) in [6, 6.07) is -0.0210. The Labute approximate surface area is 105 Å². The van der Waals surface area contributed by atoms with Gasteiger partial charge in [0, 0.05) is 32.7 Å². The summed E-state index contributed by atoms with van der Waals surface area (Å²) in [5.41, 5.74) is 0.229. The first-order valence-electron chi connectivity index (χ1n) is 6.51. The normalized spacial score (nSPS) is 19.5. The molecule has 17 heavy (non-hydrogen) atoms. The molecule has 0 aromatic carbocycles. The Morgan fingerprint density at radius 1 is 1.35 bits per heavy atom. The van der Waals surface area contributed by atoms with E-state index in [-0.39, 0.29) is 17.4 Å². The molecule has 0 saturated carbocycles. The van der Waals surface area contributed by atoms with Gasteiger partial charge in [-0.1, -0.05) is 20.8 Å². The summed E-state index contributed by atoms with van der Waals surface area (Å²) in [5, 5.41) is 3.27. The van der Waals surface area contributed by atoms with E-state index in [1.165, 1.54) is 0 Å². The first-order chi connectivity index (χ1) is 7.81. The van der Waals surface area contributed by atoms with Gasteiger partial charge in [-0.3, -0.25) is 9.69 Å². The highest BCUT2D eigenvalue weighted by Gasteiger charge is 2.26. The van der Waals surface area contributed by atoms with Crippen molar-refractivity contribution in [1.29, 1.82) is 0 Å². The third kappa shape index (κ3) is 4.64. The maximum atomic E-state index is 12.3. The van der Waals surface area contributed by atoms with Gasteiger partial charge in [0.15, 0.2) is 0 Å². The van der Waals surface area contributed by atoms with Crippen molar-refractivity contribution in [2.45, 2.75) is 33.7 Å². The molecule has 0 spiro atoms. The molecule has 0 aliphatic carbocycles. The van der Waals surface area contributed by atoms with Crippen molar-refractivity contribution in [1.82, 2.24) is 15.1 Å². The van der Waals surface area contributed by atoms with Crippen LogP contribution in [0.1, 0.15) is 27.7 Å². The maximum absolute atomic E-state index is 12.3. The predicted octanol–water partition coefficient (Wildman–Crippen LogP) is 0.785. The lowest BCUT2D eigenvalue weighted by molar-refractivity contribution is -0.136. The van der Waals surface area contributed by atoms with Crippen molar-refractivity contribution in [2.75, 3.05) is 39.8 Å². The van der Waals surface area contributed by atoms with E-state index in [4.69, 9.17) is 0 Å². The molecular formula is C13H27N3O. The molecule has 1 aliphatic heterocycles. The molecular weight excluding hydrogens is 214 g/mol. The van der Waals surface area contributed by atoms with E-state index in [1.54, 1.807) is 0 Å². The third-order valence-corrected chi connectivity index (χ3v) is 3.17. The lowest BCUT2D eigenvalue weighted by Gasteiger charge is -2.35. The zero-order valence-corrected chi connectivity index (χ0v) is 11.9. The number of carbonyl (C=O) groups excluding carboxylic acids is 1. The van der Waals surface area contributed by atoms with E-state index in [2.05, 4.69) is 31.0 Å². The summed E-state index contributed by atoms with van der Waals surface area (Å²) in [5.74, 6) is 0.262. The minimum atomic E-state index is -0.0210. The Bertz CT molecular complexity index is 254. The fraction of sp³-hybridized carbons (Fsp3) is 0.923. The van der Waals surface area contributed by atoms with Crippen LogP contribution < -0.4 is 5.32 Å². The molecule has 0 aromatic rings. The number of piperazine rings is 1. The highest BCUT2D eigenvalue weighted by molar-refractivity contribution is 5.81. The molecule has 100 valence electrons. The summed E-state index contributed by atoms with van der Waals surface area (Å²) >= 11 is 0. The number of likely N-dealkylation sites (N-methyl/N-ethyl adjacent to an activating group) is 1. The van der Waals surface area contributed by atoms with Gasteiger partial charge in [0.25, 0.3) is 0 Å². The molecule has 1 atom stereocenters. The molecule has 1 amide bonds. The highest BCUT2D eigenvalue weighted by atomic mass is 16.2. The average Bonchev–Trinajstić information content (AvgIpc) is 2.26. The number of nitrogens with zero attached hydrogens (tertiary/aromatic N) is 2. The number of hydrogen-bond acceptors (Lipinski definition) is 3. The maximum Gasteiger partial charge on any atom is 0.239 e. The van der Waals surface area contributed by atoms with Gasteiger partial charge in [-0.15, -0.1) is 0 Å². The van der Waals surface area contributed by atoms with Crippen LogP contribution >= 0.6 is 0 Å². The van der Waals surface area contributed by atoms with Gasteiger partial charge in [0.1, 0.15) is 0 Å². The number of hydrogen-bond donors (Lipinski definition) is 1. The van der Waals surface area contributed by atoms with Crippen LogP contribution in [-0.2, 0) is 4.79 Å². The number of amides is 1. The standard InChI is InChI=1S/C13H27N3O/c1-11(15(5)10-13(2,3)4)12(17)16-8-6-14-7-9-16/h11,14H,6-10H2,1-5H3. The minimum absolute atomic E-state index is 0.0210. The van der Waals surface area contributed by atoms with E-state index in [1.807, 2.05) is 18.9 Å². The number of carbonyl (C=O) groups is 1. The largest absolute Gasteiger partial charge is 0.339 e. The van der Waals surface area contributed by atoms with Crippen LogP contribution in [0.4, 0.5) is 0 Å². The summed E-state index contributed by atoms with van der Waals surface area (Å²) in [4.78, 5) is 16.4. The summed E-state index contributed by atoms with van der Waals surface area (Å²) in [6.45, 7) is 13.1. The van der Waals surface area contributed by atoms with Gasteiger partial charge < -0.3 is 10.2 Å². The second-order valence-electron chi connectivity index (χ2n) is 6.23. The zero-order valence-electron chi connectivity index (χ0n) is 11.9. The second-order valence-corrected chi connectivity index (χ2v) is 6.23. The van der Waals surface area contributed by atoms with Crippen molar-refractivity contribution < 1.29 is 4.79 Å². The van der Waals surface area contributed by atoms with Crippen molar-refractivity contribution in [3.8, 4) is 0 Å². The monoisotopic (exact) mass is 241 g/mol. The van der Waals surface area contributed by atoms with E-state index in [9.17, 15) is 4.79 Å². The summed E-state index contributed by atoms with van der Waals surface area (Å²) in [6.07, 6.45) is 0. The molecule has 1 unspecified atom stereocenters. The van der Waals surface area contributed by atoms with E-state index in [0.717, 1.165) is 32.7 Å². The molecule has 4 heteroatoms. The van der Waals surface area contributed by atoms with Crippen LogP contribution in [0.25, 0.3) is 0 Å². The second kappa shape index (κ2) is 5.83. The molecule has 0 aromatic heterocycles. The van der Waals surface area contributed by atoms with Crippen LogP contribution in [0.5, 0.6) is 0 Å². The lowest BCUT2D eigenvalue weighted by Crippen LogP contribution is -2.53. The highest BCUT2D eigenvalue weighted by Crippen LogP contribution is 2.16. The fourth-order valence-corrected chi connectivity index (χ4v) is 2.22. The fourth-order valence-electron chi connectivity index (χ4n) is 2.22. The van der Waals surface area contributed by atoms with E-state index in [0.29, 0.717) is 0 Å². The summed E-state index contributed by atoms with van der Waals surface area (Å²) in [7, 11) is 2.04. The Morgan fingerprint density at radius 3 is 2.35 bits per heavy atom. The molecule has 1 aliphatic rings. The first kappa shape index (κ1) is 14.5. The van der Waals surface area contributed by atoms with Crippen LogP contribution in [0.2, 0.25) is 0 Å². The van der Waals surface area contributed by atoms with Gasteiger partial charge in [-0.05, 0) is 19.4 Å². The SMILES string of the molecule is CC(C(=O)N1CCNCC1)N(C)CC(C)(C)C. The Kier molecular flexibility index (Phi) is 4.95. The molecule has 1 fully saturated rings. The Balaban J connectivity index is 2.50. The average molecular weight is 241 g/mol. The molecule has 1 rings (SSSR count). The van der Waals surface area contributed by atoms with Crippen molar-refractivity contribution >= 4 is 5.91 Å². The van der Waals surface area contributed by atoms with Gasteiger partial charge >= 0.3 is 0 Å². The van der Waals surface area contributed by atoms with Crippen molar-refractivity contribution in [3.05, 3.63) is 0 Å². The van der Waals surface area contributed by atoms with Gasteiger partial charge in [0.2, 0.25) is 5.91 Å². The lowest BCUT2D eigenvalue weighted by atomic mass is 9.95. The van der Waals surface area contributed by atoms with Gasteiger partial charge in [-0.25, -0.2) is 0 Å². The number of rotatable bonds is 3.